The van der Waals surface area contributed by atoms with E-state index in [1.165, 1.54) is 79.8 Å². The summed E-state index contributed by atoms with van der Waals surface area (Å²) < 4.78 is 81.7. The summed E-state index contributed by atoms with van der Waals surface area (Å²) in [7, 11) is -5.29. The van der Waals surface area contributed by atoms with Gasteiger partial charge in [0, 0.05) is 113 Å². The molecule has 5 fully saturated rings. The minimum absolute atomic E-state index is 0. The SMILES string of the molecule is CC(C)(C)[Si](C)(C)Cl.CC[C@H]1O[C@@H](OC(C)=O)[C@@H](OC(C)=O)C1C.CC[C@H]1O[C@@H](n2ccc(=O)[nH]c2=S)[C@@H](OC(C)=O)C1C.CC[C@H]1O[C@@H](n2ccc(=O)[nH]c2=S)[C@@H](O[Si](C)(C)C(C)(C)C)C1C.CC[C@H]1O[C@@H](n2ccc(=O)nc2SC)[C@@H](O[Si](C)(C)C(C)(C)C)C1C.CO.O=c1cc[nH]c(=S)[nH]1.O=c1ccn([C@@H]2O[C@H](CO)C(O)[C@@H]2O)c(=S)[nH]1.[2H]CF.[Li+].[OH-]. The number of halogens is 2. The topological polar surface area (TPSA) is 451 Å². The van der Waals surface area contributed by atoms with E-state index in [0.29, 0.717) is 25.7 Å². The fourth-order valence-corrected chi connectivity index (χ4v) is 16.6. The molecule has 0 bridgehead atoms. The third-order valence-corrected chi connectivity index (χ3v) is 38.4. The van der Waals surface area contributed by atoms with Crippen molar-refractivity contribution in [2.45, 2.75) is 322 Å². The van der Waals surface area contributed by atoms with Crippen LogP contribution in [0.4, 0.5) is 4.39 Å². The van der Waals surface area contributed by atoms with Gasteiger partial charge in [0.25, 0.3) is 27.8 Å². The predicted octanol–water partition coefficient (Wildman–Crippen LogP) is 10.8. The molecule has 0 aliphatic carbocycles. The Morgan fingerprint density at radius 2 is 0.847 bits per heavy atom. The standard InChI is InChI=1S/C18H32N2O3SSi.C17H30N2O3SSi.C13H18N2O4S.C11H18O5.C9H12N2O5S.C6H15ClSi.C4H4N2OS.CH3F.CH4O.Li.H2O/c1-9-13-12(2)15(23-25(7,8)18(3,4)5)16(22-13)20-11-10-14(21)19-17(20)24-6;1-8-12-11(2)14(22-24(6,7)17(3,4)5)15(21-12)19-10-9-13(20)18-16(19)23;1-4-9-7(2)11(18-8(3)16)12(19-9)15-6-5-10(17)14-13(15)20;1-5-9-6(2)10(14-7(3)12)11(16-9)15-8(4)13;12-3-4-6(14)7(15)8(16-4)11-2-1-5(13)10-9(11)17;1-6(2,3)8(4,5)7;7-3-1-2-5-4(8)6-3;2*1-2;;/h10-13,15-16H,9H2,1-8H3;9-12,14-15H,8H2,1-7H3,(H,18,20,23);5-7,9,11-12H,4H2,1-3H3,(H,14,17,20);6,9-11H,5H2,1-4H3;1-2,4,6-8,12,14-15H,3H2,(H,10,13,17);1-5H3;1-2H,(H2,5,6,7,8);1H3;2H,1H3;;1H2/q;;;;;;;;;+1;/p-1/t12?,13-,15+,16-;11?,12-,14+,15-;7?,9-,11+,12-;6?,9-,10+,11-;4-,6?,7+,8-;;;;;;/m11111....../s1/i;;;;;;;1D;;;. The number of alkyl halides is 1. The summed E-state index contributed by atoms with van der Waals surface area (Å²) in [6.45, 7) is 53.6. The summed E-state index contributed by atoms with van der Waals surface area (Å²) in [5.74, 6) is -0.550. The van der Waals surface area contributed by atoms with Gasteiger partial charge in [-0.15, -0.1) is 0 Å². The Morgan fingerprint density at radius 3 is 1.15 bits per heavy atom. The van der Waals surface area contributed by atoms with Gasteiger partial charge in [0.2, 0.25) is 6.29 Å². The first-order chi connectivity index (χ1) is 56.9. The Kier molecular flexibility index (Phi) is 50.4. The van der Waals surface area contributed by atoms with Crippen molar-refractivity contribution in [3.63, 3.8) is 0 Å². The second-order valence-electron chi connectivity index (χ2n) is 34.2. The number of thioether (sulfide) groups is 1. The molecule has 10 N–H and O–H groups in total. The van der Waals surface area contributed by atoms with Gasteiger partial charge < -0.3 is 77.6 Å². The fourth-order valence-electron chi connectivity index (χ4n) is 12.4. The van der Waals surface area contributed by atoms with Crippen LogP contribution in [-0.4, -0.2) is 217 Å². The van der Waals surface area contributed by atoms with Gasteiger partial charge in [-0.05, 0) is 122 Å². The van der Waals surface area contributed by atoms with Crippen LogP contribution in [0.3, 0.4) is 0 Å². The molecule has 10 rings (SSSR count). The quantitative estimate of drug-likeness (QED) is 0.00794. The minimum atomic E-state index is -1.96. The average molecular weight is 1910 g/mol. The molecule has 702 valence electrons. The van der Waals surface area contributed by atoms with E-state index in [4.69, 9.17) is 106 Å². The molecule has 124 heavy (non-hydrogen) atoms. The largest absolute Gasteiger partial charge is 1.00 e. The first-order valence-corrected chi connectivity index (χ1v) is 53.0. The molecule has 5 aromatic heterocycles. The minimum Gasteiger partial charge on any atom is -0.870 e. The van der Waals surface area contributed by atoms with Crippen molar-refractivity contribution >= 4 is 114 Å². The van der Waals surface area contributed by atoms with Gasteiger partial charge in [0.05, 0.1) is 51.8 Å². The number of rotatable bonds is 17. The molecule has 0 saturated carbocycles. The summed E-state index contributed by atoms with van der Waals surface area (Å²) in [4.78, 5) is 106. The van der Waals surface area contributed by atoms with Crippen molar-refractivity contribution in [1.82, 2.24) is 48.2 Å². The number of aliphatic hydroxyl groups excluding tert-OH is 4. The maximum Gasteiger partial charge on any atom is 1.00 e. The van der Waals surface area contributed by atoms with Crippen molar-refractivity contribution in [3.8, 4) is 0 Å². The van der Waals surface area contributed by atoms with Crippen LogP contribution in [0.1, 0.15) is 190 Å². The van der Waals surface area contributed by atoms with E-state index in [2.05, 4.69) is 171 Å². The van der Waals surface area contributed by atoms with Crippen LogP contribution >= 0.6 is 71.7 Å². The maximum atomic E-state index is 11.6. The smallest absolute Gasteiger partial charge is 0.870 e. The molecule has 0 spiro atoms. The van der Waals surface area contributed by atoms with Gasteiger partial charge in [-0.2, -0.15) is 16.1 Å². The Bertz CT molecular complexity index is 4660. The first-order valence-electron chi connectivity index (χ1n) is 41.0. The van der Waals surface area contributed by atoms with Crippen molar-refractivity contribution in [2.24, 2.45) is 23.7 Å². The number of hydrogen-bond donors (Lipinski definition) is 9. The van der Waals surface area contributed by atoms with Crippen LogP contribution in [-0.2, 0) is 61.1 Å². The number of esters is 3. The second kappa shape index (κ2) is 53.4. The average Bonchev–Trinajstić information content (AvgIpc) is 1.66. The summed E-state index contributed by atoms with van der Waals surface area (Å²) >= 11 is 27.6. The molecule has 10 heterocycles. The van der Waals surface area contributed by atoms with E-state index < -0.39 is 99.0 Å². The third kappa shape index (κ3) is 34.4. The van der Waals surface area contributed by atoms with Gasteiger partial charge in [-0.1, -0.05) is 143 Å². The Morgan fingerprint density at radius 1 is 0.532 bits per heavy atom. The molecule has 20 atom stereocenters. The van der Waals surface area contributed by atoms with Crippen molar-refractivity contribution in [1.29, 1.82) is 0 Å². The maximum absolute atomic E-state index is 11.6. The monoisotopic (exact) mass is 1910 g/mol. The van der Waals surface area contributed by atoms with Crippen LogP contribution in [0, 0.1) is 42.8 Å². The second-order valence-corrected chi connectivity index (χ2v) is 53.3. The van der Waals surface area contributed by atoms with E-state index in [-0.39, 0.29) is 145 Å². The number of hydrogen-bond acceptors (Lipinski definition) is 29. The number of carbonyl (C=O) groups excluding carboxylic acids is 3. The molecule has 5 aliphatic heterocycles. The molecule has 33 nitrogen and oxygen atoms in total. The number of aromatic amines is 5. The summed E-state index contributed by atoms with van der Waals surface area (Å²) in [5.41, 5.74) is -1.23. The fraction of sp³-hybridized carbons (Fsp3) is 0.713. The molecule has 0 aromatic carbocycles. The van der Waals surface area contributed by atoms with Gasteiger partial charge in [-0.3, -0.25) is 81.0 Å². The summed E-state index contributed by atoms with van der Waals surface area (Å²) in [6, 6.07) is 6.94. The Hall–Kier alpha value is -4.97. The number of aromatic nitrogens is 10. The van der Waals surface area contributed by atoms with Crippen LogP contribution in [0.5, 0.6) is 0 Å². The summed E-state index contributed by atoms with van der Waals surface area (Å²) in [6.07, 6.45) is 6.43. The zero-order valence-electron chi connectivity index (χ0n) is 78.2. The van der Waals surface area contributed by atoms with Crippen LogP contribution in [0.25, 0.3) is 0 Å². The zero-order valence-corrected chi connectivity index (χ0v) is 85.0. The molecule has 5 saturated heterocycles. The number of ether oxygens (including phenoxy) is 8. The number of nitrogens with zero attached hydrogens (tertiary/aromatic N) is 5. The number of nitrogens with one attached hydrogen (secondary N) is 5. The van der Waals surface area contributed by atoms with Gasteiger partial charge >= 0.3 is 36.8 Å². The normalized spacial score (nSPS) is 26.3. The van der Waals surface area contributed by atoms with Crippen molar-refractivity contribution < 1.29 is 112 Å². The van der Waals surface area contributed by atoms with E-state index in [9.17, 15) is 53.0 Å². The van der Waals surface area contributed by atoms with E-state index in [0.717, 1.165) is 32.8 Å². The molecule has 44 heteroatoms. The Balaban J connectivity index is 0.00000146. The summed E-state index contributed by atoms with van der Waals surface area (Å²) in [5, 5.41) is 36.5. The van der Waals surface area contributed by atoms with Crippen LogP contribution in [0.15, 0.2) is 90.4 Å². The van der Waals surface area contributed by atoms with Gasteiger partial charge in [-0.25, -0.2) is 0 Å². The molecule has 5 aromatic rings. The van der Waals surface area contributed by atoms with E-state index in [1.807, 2.05) is 43.1 Å². The molecule has 0 radical (unpaired) electrons. The number of carbonyl (C=O) groups is 3. The van der Waals surface area contributed by atoms with E-state index >= 15 is 0 Å². The van der Waals surface area contributed by atoms with E-state index in [1.54, 1.807) is 23.2 Å². The third-order valence-electron chi connectivity index (χ3n) is 22.4. The van der Waals surface area contributed by atoms with Gasteiger partial charge in [0.1, 0.15) is 18.3 Å². The van der Waals surface area contributed by atoms with Crippen molar-refractivity contribution in [2.75, 3.05) is 27.1 Å². The van der Waals surface area contributed by atoms with Crippen molar-refractivity contribution in [3.05, 3.63) is 132 Å². The molecular weight excluding hydrogens is 1770 g/mol. The zero-order chi connectivity index (χ0) is 94.7. The number of aliphatic hydroxyl groups is 4. The van der Waals surface area contributed by atoms with Gasteiger partial charge in [0.15, 0.2) is 85.4 Å². The Labute approximate surface area is 773 Å². The van der Waals surface area contributed by atoms with Crippen LogP contribution < -0.4 is 46.7 Å². The predicted molar refractivity (Wildman–Crippen MR) is 489 cm³/mol. The van der Waals surface area contributed by atoms with Crippen LogP contribution in [0.2, 0.25) is 54.4 Å². The number of H-pyrrole nitrogens is 5. The molecular formula is C80H137ClFLiN10O23S5Si3. The first kappa shape index (κ1) is 117. The molecule has 0 amide bonds. The molecule has 5 aliphatic rings. The molecule has 5 unspecified atom stereocenters.